The molecule has 0 spiro atoms. The first-order valence-corrected chi connectivity index (χ1v) is 6.94. The molecule has 2 fully saturated rings. The normalized spacial score (nSPS) is 24.7. The van der Waals surface area contributed by atoms with Gasteiger partial charge in [-0.3, -0.25) is 14.9 Å². The van der Waals surface area contributed by atoms with Crippen molar-refractivity contribution in [2.75, 3.05) is 13.2 Å². The summed E-state index contributed by atoms with van der Waals surface area (Å²) in [5.41, 5.74) is -0.521. The van der Waals surface area contributed by atoms with Crippen LogP contribution >= 0.6 is 0 Å². The Morgan fingerprint density at radius 1 is 1.43 bits per heavy atom. The van der Waals surface area contributed by atoms with Gasteiger partial charge in [0.1, 0.15) is 5.82 Å². The fraction of sp³-hybridized carbons (Fsp3) is 0.500. The summed E-state index contributed by atoms with van der Waals surface area (Å²) in [6.45, 7) is 0.811. The number of hydrogen-bond donors (Lipinski definition) is 0. The quantitative estimate of drug-likeness (QED) is 0.618. The SMILES string of the molecule is O=C(c1cc([N+](=O)[O-])ccc1F)N1CCOC2CCCC21. The number of halogens is 1. The van der Waals surface area contributed by atoms with Crippen LogP contribution < -0.4 is 0 Å². The van der Waals surface area contributed by atoms with Gasteiger partial charge in [-0.2, -0.15) is 0 Å². The molecule has 1 aliphatic carbocycles. The van der Waals surface area contributed by atoms with Gasteiger partial charge in [-0.15, -0.1) is 0 Å². The second-order valence-electron chi connectivity index (χ2n) is 5.33. The highest BCUT2D eigenvalue weighted by molar-refractivity contribution is 5.95. The summed E-state index contributed by atoms with van der Waals surface area (Å²) in [7, 11) is 0. The first-order chi connectivity index (χ1) is 10.1. The lowest BCUT2D eigenvalue weighted by atomic mass is 10.1. The number of nitrogens with zero attached hydrogens (tertiary/aromatic N) is 2. The maximum absolute atomic E-state index is 13.9. The van der Waals surface area contributed by atoms with Crippen LogP contribution in [0.5, 0.6) is 0 Å². The number of rotatable bonds is 2. The van der Waals surface area contributed by atoms with Gasteiger partial charge in [-0.05, 0) is 25.3 Å². The molecular weight excluding hydrogens is 279 g/mol. The van der Waals surface area contributed by atoms with E-state index >= 15 is 0 Å². The minimum absolute atomic E-state index is 0.00413. The van der Waals surface area contributed by atoms with E-state index in [9.17, 15) is 19.3 Å². The molecule has 2 unspecified atom stereocenters. The van der Waals surface area contributed by atoms with E-state index in [0.717, 1.165) is 37.5 Å². The van der Waals surface area contributed by atoms with Crippen molar-refractivity contribution in [1.29, 1.82) is 0 Å². The maximum Gasteiger partial charge on any atom is 0.270 e. The number of non-ortho nitro benzene ring substituents is 1. The van der Waals surface area contributed by atoms with Crippen LogP contribution in [0.1, 0.15) is 29.6 Å². The molecule has 1 saturated heterocycles. The van der Waals surface area contributed by atoms with E-state index in [1.54, 1.807) is 4.90 Å². The molecule has 1 saturated carbocycles. The molecule has 1 amide bonds. The van der Waals surface area contributed by atoms with Crippen molar-refractivity contribution in [3.63, 3.8) is 0 Å². The van der Waals surface area contributed by atoms with E-state index < -0.39 is 16.6 Å². The Balaban J connectivity index is 1.90. The maximum atomic E-state index is 13.9. The number of benzene rings is 1. The Morgan fingerprint density at radius 3 is 3.00 bits per heavy atom. The summed E-state index contributed by atoms with van der Waals surface area (Å²) in [6.07, 6.45) is 2.69. The second kappa shape index (κ2) is 5.40. The van der Waals surface area contributed by atoms with Gasteiger partial charge in [0.05, 0.1) is 29.2 Å². The molecule has 112 valence electrons. The fourth-order valence-electron chi connectivity index (χ4n) is 3.12. The number of ether oxygens (including phenoxy) is 1. The van der Waals surface area contributed by atoms with Crippen molar-refractivity contribution in [1.82, 2.24) is 4.90 Å². The van der Waals surface area contributed by atoms with Gasteiger partial charge in [0.15, 0.2) is 0 Å². The number of morpholine rings is 1. The van der Waals surface area contributed by atoms with Crippen molar-refractivity contribution < 1.29 is 18.8 Å². The standard InChI is InChI=1S/C14H15FN2O4/c15-11-5-4-9(17(19)20)8-10(11)14(18)16-6-7-21-13-3-1-2-12(13)16/h4-5,8,12-13H,1-3,6-7H2. The highest BCUT2D eigenvalue weighted by Crippen LogP contribution is 2.31. The number of amides is 1. The number of carbonyl (C=O) groups excluding carboxylic acids is 1. The zero-order chi connectivity index (χ0) is 15.0. The Kier molecular flexibility index (Phi) is 3.59. The lowest BCUT2D eigenvalue weighted by Crippen LogP contribution is -2.51. The molecule has 0 aromatic heterocycles. The third-order valence-corrected chi connectivity index (χ3v) is 4.13. The van der Waals surface area contributed by atoms with E-state index in [2.05, 4.69) is 0 Å². The fourth-order valence-corrected chi connectivity index (χ4v) is 3.12. The monoisotopic (exact) mass is 294 g/mol. The molecule has 21 heavy (non-hydrogen) atoms. The smallest absolute Gasteiger partial charge is 0.270 e. The number of hydrogen-bond acceptors (Lipinski definition) is 4. The molecule has 6 nitrogen and oxygen atoms in total. The van der Waals surface area contributed by atoms with E-state index in [-0.39, 0.29) is 23.4 Å². The number of fused-ring (bicyclic) bond motifs is 1. The molecule has 1 aromatic carbocycles. The zero-order valence-corrected chi connectivity index (χ0v) is 11.3. The summed E-state index contributed by atoms with van der Waals surface area (Å²) in [5, 5.41) is 10.8. The van der Waals surface area contributed by atoms with Gasteiger partial charge < -0.3 is 9.64 Å². The molecule has 0 N–H and O–H groups in total. The Labute approximate surface area is 120 Å². The third-order valence-electron chi connectivity index (χ3n) is 4.13. The number of nitro benzene ring substituents is 1. The Hall–Kier alpha value is -2.02. The van der Waals surface area contributed by atoms with Gasteiger partial charge in [0, 0.05) is 18.7 Å². The largest absolute Gasteiger partial charge is 0.374 e. The molecule has 1 aliphatic heterocycles. The van der Waals surface area contributed by atoms with Crippen molar-refractivity contribution in [2.45, 2.75) is 31.4 Å². The van der Waals surface area contributed by atoms with E-state index in [1.165, 1.54) is 0 Å². The molecule has 0 bridgehead atoms. The molecule has 3 rings (SSSR count). The highest BCUT2D eigenvalue weighted by Gasteiger charge is 2.39. The van der Waals surface area contributed by atoms with E-state index in [0.29, 0.717) is 13.2 Å². The molecule has 2 aliphatic rings. The zero-order valence-electron chi connectivity index (χ0n) is 11.3. The number of nitro groups is 1. The van der Waals surface area contributed by atoms with Gasteiger partial charge in [-0.1, -0.05) is 0 Å². The second-order valence-corrected chi connectivity index (χ2v) is 5.33. The highest BCUT2D eigenvalue weighted by atomic mass is 19.1. The molecule has 1 heterocycles. The van der Waals surface area contributed by atoms with Crippen LogP contribution in [0.15, 0.2) is 18.2 Å². The van der Waals surface area contributed by atoms with Crippen LogP contribution in [0.25, 0.3) is 0 Å². The Bertz CT molecular complexity index is 592. The lowest BCUT2D eigenvalue weighted by Gasteiger charge is -2.37. The van der Waals surface area contributed by atoms with Crippen LogP contribution in [0, 0.1) is 15.9 Å². The van der Waals surface area contributed by atoms with Crippen LogP contribution in [0.3, 0.4) is 0 Å². The minimum atomic E-state index is -0.730. The minimum Gasteiger partial charge on any atom is -0.374 e. The van der Waals surface area contributed by atoms with Crippen LogP contribution in [-0.2, 0) is 4.74 Å². The predicted octanol–water partition coefficient (Wildman–Crippen LogP) is 2.13. The van der Waals surface area contributed by atoms with Crippen LogP contribution in [-0.4, -0.2) is 41.0 Å². The van der Waals surface area contributed by atoms with Gasteiger partial charge in [0.25, 0.3) is 11.6 Å². The summed E-state index contributed by atoms with van der Waals surface area (Å²) in [4.78, 5) is 24.3. The predicted molar refractivity (Wildman–Crippen MR) is 71.5 cm³/mol. The average molecular weight is 294 g/mol. The average Bonchev–Trinajstić information content (AvgIpc) is 2.95. The van der Waals surface area contributed by atoms with Crippen molar-refractivity contribution >= 4 is 11.6 Å². The van der Waals surface area contributed by atoms with Crippen molar-refractivity contribution in [3.8, 4) is 0 Å². The lowest BCUT2D eigenvalue weighted by molar-refractivity contribution is -0.384. The summed E-state index contributed by atoms with van der Waals surface area (Å²) in [5.74, 6) is -1.22. The van der Waals surface area contributed by atoms with E-state index in [4.69, 9.17) is 4.74 Å². The molecule has 0 radical (unpaired) electrons. The van der Waals surface area contributed by atoms with Gasteiger partial charge in [0.2, 0.25) is 0 Å². The molecule has 1 aromatic rings. The summed E-state index contributed by atoms with van der Waals surface area (Å²) >= 11 is 0. The summed E-state index contributed by atoms with van der Waals surface area (Å²) in [6, 6.07) is 2.99. The first-order valence-electron chi connectivity index (χ1n) is 6.94. The molecular formula is C14H15FN2O4. The van der Waals surface area contributed by atoms with Gasteiger partial charge in [-0.25, -0.2) is 4.39 Å². The number of carbonyl (C=O) groups is 1. The molecule has 7 heteroatoms. The van der Waals surface area contributed by atoms with Crippen molar-refractivity contribution in [3.05, 3.63) is 39.7 Å². The molecule has 2 atom stereocenters. The van der Waals surface area contributed by atoms with Crippen molar-refractivity contribution in [2.24, 2.45) is 0 Å². The topological polar surface area (TPSA) is 72.7 Å². The van der Waals surface area contributed by atoms with Crippen LogP contribution in [0.4, 0.5) is 10.1 Å². The van der Waals surface area contributed by atoms with Crippen LogP contribution in [0.2, 0.25) is 0 Å². The first kappa shape index (κ1) is 13.9. The van der Waals surface area contributed by atoms with Gasteiger partial charge >= 0.3 is 0 Å². The van der Waals surface area contributed by atoms with E-state index in [1.807, 2.05) is 0 Å². The summed E-state index contributed by atoms with van der Waals surface area (Å²) < 4.78 is 19.5. The Morgan fingerprint density at radius 2 is 2.24 bits per heavy atom. The third kappa shape index (κ3) is 2.49.